The summed E-state index contributed by atoms with van der Waals surface area (Å²) in [6.07, 6.45) is 4.92. The fourth-order valence-electron chi connectivity index (χ4n) is 0.597. The van der Waals surface area contributed by atoms with Crippen molar-refractivity contribution in [3.63, 3.8) is 0 Å². The van der Waals surface area contributed by atoms with Crippen LogP contribution >= 0.6 is 0 Å². The minimum atomic E-state index is -1.19. The molecule has 0 bridgehead atoms. The van der Waals surface area contributed by atoms with E-state index in [-0.39, 0.29) is 0 Å². The monoisotopic (exact) mass is 178 g/mol. The summed E-state index contributed by atoms with van der Waals surface area (Å²) in [6.45, 7) is 12.5. The van der Waals surface area contributed by atoms with Crippen LogP contribution in [0, 0.1) is 11.5 Å². The van der Waals surface area contributed by atoms with Crippen molar-refractivity contribution in [3.8, 4) is 11.5 Å². The van der Waals surface area contributed by atoms with Gasteiger partial charge in [0.15, 0.2) is 0 Å². The van der Waals surface area contributed by atoms with Gasteiger partial charge >= 0.3 is 0 Å². The van der Waals surface area contributed by atoms with Gasteiger partial charge in [-0.1, -0.05) is 37.7 Å². The Morgan fingerprint density at radius 1 is 1.42 bits per heavy atom. The molecule has 0 aromatic rings. The van der Waals surface area contributed by atoms with E-state index in [1.165, 1.54) is 0 Å². The Labute approximate surface area is 77.4 Å². The summed E-state index contributed by atoms with van der Waals surface area (Å²) >= 11 is 0. The van der Waals surface area contributed by atoms with Gasteiger partial charge in [0, 0.05) is 0 Å². The maximum atomic E-state index is 3.66. The largest absolute Gasteiger partial charge is 0.129 e. The van der Waals surface area contributed by atoms with Crippen LogP contribution in [0.5, 0.6) is 0 Å². The molecule has 1 heteroatoms. The second kappa shape index (κ2) is 5.00. The Hall–Kier alpha value is -0.743. The molecule has 0 aromatic heterocycles. The standard InChI is InChI=1S/C11H18Si/c1-6-7-8-11(2)9-10-12(3,4)5/h6,8H,1,7H2,2-5H3/b11-8+. The molecule has 0 saturated carbocycles. The van der Waals surface area contributed by atoms with Crippen molar-refractivity contribution in [3.05, 3.63) is 24.3 Å². The lowest BCUT2D eigenvalue weighted by Crippen LogP contribution is -2.16. The predicted molar refractivity (Wildman–Crippen MR) is 59.7 cm³/mol. The minimum absolute atomic E-state index is 0.923. The molecule has 0 spiro atoms. The van der Waals surface area contributed by atoms with Gasteiger partial charge in [0.1, 0.15) is 8.07 Å². The van der Waals surface area contributed by atoms with Crippen molar-refractivity contribution in [2.45, 2.75) is 33.0 Å². The molecule has 0 nitrogen and oxygen atoms in total. The first-order chi connectivity index (χ1) is 5.45. The quantitative estimate of drug-likeness (QED) is 0.345. The first kappa shape index (κ1) is 11.3. The third-order valence-corrected chi connectivity index (χ3v) is 2.10. The van der Waals surface area contributed by atoms with Crippen molar-refractivity contribution in [1.82, 2.24) is 0 Å². The third kappa shape index (κ3) is 7.36. The van der Waals surface area contributed by atoms with E-state index in [0.29, 0.717) is 0 Å². The van der Waals surface area contributed by atoms with Crippen LogP contribution in [0.25, 0.3) is 0 Å². The van der Waals surface area contributed by atoms with Gasteiger partial charge in [0.25, 0.3) is 0 Å². The molecule has 0 aliphatic carbocycles. The second-order valence-electron chi connectivity index (χ2n) is 3.91. The molecule has 12 heavy (non-hydrogen) atoms. The van der Waals surface area contributed by atoms with E-state index in [9.17, 15) is 0 Å². The van der Waals surface area contributed by atoms with Crippen LogP contribution in [-0.2, 0) is 0 Å². The second-order valence-corrected chi connectivity index (χ2v) is 8.66. The lowest BCUT2D eigenvalue weighted by Gasteiger charge is -2.03. The Morgan fingerprint density at radius 3 is 2.42 bits per heavy atom. The smallest absolute Gasteiger partial charge is 0.127 e. The zero-order valence-corrected chi connectivity index (χ0v) is 9.57. The first-order valence-corrected chi connectivity index (χ1v) is 7.76. The van der Waals surface area contributed by atoms with E-state index in [1.54, 1.807) is 0 Å². The summed E-state index contributed by atoms with van der Waals surface area (Å²) in [6, 6.07) is 0. The van der Waals surface area contributed by atoms with Crippen molar-refractivity contribution in [2.75, 3.05) is 0 Å². The van der Waals surface area contributed by atoms with Crippen molar-refractivity contribution < 1.29 is 0 Å². The SMILES string of the molecule is C=CC/C=C(\C)C#C[Si](C)(C)C. The number of hydrogen-bond donors (Lipinski definition) is 0. The Morgan fingerprint density at radius 2 is 2.00 bits per heavy atom. The number of allylic oxidation sites excluding steroid dienone is 3. The van der Waals surface area contributed by atoms with E-state index in [2.05, 4.69) is 50.7 Å². The van der Waals surface area contributed by atoms with E-state index < -0.39 is 8.07 Å². The Kier molecular flexibility index (Phi) is 4.69. The lowest BCUT2D eigenvalue weighted by molar-refractivity contribution is 1.35. The van der Waals surface area contributed by atoms with Crippen LogP contribution in [0.2, 0.25) is 19.6 Å². The molecule has 0 rings (SSSR count). The van der Waals surface area contributed by atoms with E-state index in [0.717, 1.165) is 12.0 Å². The van der Waals surface area contributed by atoms with Crippen LogP contribution in [0.4, 0.5) is 0 Å². The van der Waals surface area contributed by atoms with Crippen LogP contribution in [0.15, 0.2) is 24.3 Å². The molecule has 0 saturated heterocycles. The van der Waals surface area contributed by atoms with E-state index in [1.807, 2.05) is 6.08 Å². The van der Waals surface area contributed by atoms with Gasteiger partial charge in [-0.3, -0.25) is 0 Å². The molecular formula is C11H18Si. The molecule has 0 unspecified atom stereocenters. The van der Waals surface area contributed by atoms with E-state index >= 15 is 0 Å². The molecule has 0 aliphatic heterocycles. The molecule has 0 aromatic carbocycles. The zero-order chi connectivity index (χ0) is 9.61. The number of hydrogen-bond acceptors (Lipinski definition) is 0. The summed E-state index contributed by atoms with van der Waals surface area (Å²) in [5, 5.41) is 0. The summed E-state index contributed by atoms with van der Waals surface area (Å²) in [5.74, 6) is 3.18. The van der Waals surface area contributed by atoms with Gasteiger partial charge in [-0.05, 0) is 18.9 Å². The highest BCUT2D eigenvalue weighted by atomic mass is 28.3. The highest BCUT2D eigenvalue weighted by Crippen LogP contribution is 1.99. The maximum Gasteiger partial charge on any atom is 0.129 e. The zero-order valence-electron chi connectivity index (χ0n) is 8.57. The van der Waals surface area contributed by atoms with Gasteiger partial charge in [-0.15, -0.1) is 12.1 Å². The van der Waals surface area contributed by atoms with Gasteiger partial charge < -0.3 is 0 Å². The highest BCUT2D eigenvalue weighted by Gasteiger charge is 2.06. The van der Waals surface area contributed by atoms with Gasteiger partial charge in [-0.25, -0.2) is 0 Å². The average Bonchev–Trinajstić information content (AvgIpc) is 1.95. The maximum absolute atomic E-state index is 3.66. The summed E-state index contributed by atoms with van der Waals surface area (Å²) < 4.78 is 0. The summed E-state index contributed by atoms with van der Waals surface area (Å²) in [5.41, 5.74) is 4.48. The summed E-state index contributed by atoms with van der Waals surface area (Å²) in [7, 11) is -1.19. The lowest BCUT2D eigenvalue weighted by atomic mass is 10.2. The van der Waals surface area contributed by atoms with Crippen LogP contribution in [-0.4, -0.2) is 8.07 Å². The van der Waals surface area contributed by atoms with Crippen LogP contribution in [0.3, 0.4) is 0 Å². The fourth-order valence-corrected chi connectivity index (χ4v) is 1.17. The summed E-state index contributed by atoms with van der Waals surface area (Å²) in [4.78, 5) is 0. The molecule has 0 atom stereocenters. The highest BCUT2D eigenvalue weighted by molar-refractivity contribution is 6.83. The van der Waals surface area contributed by atoms with Crippen LogP contribution < -0.4 is 0 Å². The predicted octanol–water partition coefficient (Wildman–Crippen LogP) is 3.39. The van der Waals surface area contributed by atoms with Crippen molar-refractivity contribution >= 4 is 8.07 Å². The molecule has 0 fully saturated rings. The Bertz CT molecular complexity index is 230. The third-order valence-electron chi connectivity index (χ3n) is 1.23. The first-order valence-electron chi connectivity index (χ1n) is 4.26. The fraction of sp³-hybridized carbons (Fsp3) is 0.455. The molecular weight excluding hydrogens is 160 g/mol. The topological polar surface area (TPSA) is 0 Å². The molecule has 0 heterocycles. The van der Waals surface area contributed by atoms with Gasteiger partial charge in [-0.2, -0.15) is 0 Å². The minimum Gasteiger partial charge on any atom is -0.127 e. The molecule has 0 aliphatic rings. The average molecular weight is 178 g/mol. The van der Waals surface area contributed by atoms with Crippen molar-refractivity contribution in [1.29, 1.82) is 0 Å². The molecule has 66 valence electrons. The van der Waals surface area contributed by atoms with Crippen LogP contribution in [0.1, 0.15) is 13.3 Å². The molecule has 0 radical (unpaired) electrons. The number of rotatable bonds is 2. The van der Waals surface area contributed by atoms with Crippen molar-refractivity contribution in [2.24, 2.45) is 0 Å². The molecule has 0 amide bonds. The van der Waals surface area contributed by atoms with Gasteiger partial charge in [0.05, 0.1) is 0 Å². The normalized spacial score (nSPS) is 11.8. The van der Waals surface area contributed by atoms with E-state index in [4.69, 9.17) is 0 Å². The van der Waals surface area contributed by atoms with Gasteiger partial charge in [0.2, 0.25) is 0 Å². The Balaban J connectivity index is 4.21. The molecule has 0 N–H and O–H groups in total.